The number of piperidine rings is 1. The molecule has 1 aromatic heterocycles. The minimum Gasteiger partial charge on any atom is -0.459 e. The molecule has 4 nitrogen and oxygen atoms in total. The number of rotatable bonds is 5. The number of hydrogen-bond acceptors (Lipinski definition) is 3. The van der Waals surface area contributed by atoms with Gasteiger partial charge in [0.2, 0.25) is 0 Å². The summed E-state index contributed by atoms with van der Waals surface area (Å²) in [6.07, 6.45) is 3.40. The number of para-hydroxylation sites is 1. The molecule has 144 valence electrons. The van der Waals surface area contributed by atoms with Crippen LogP contribution in [0, 0.1) is 0 Å². The summed E-state index contributed by atoms with van der Waals surface area (Å²) in [7, 11) is 0. The van der Waals surface area contributed by atoms with Crippen LogP contribution in [0.3, 0.4) is 0 Å². The van der Waals surface area contributed by atoms with E-state index in [2.05, 4.69) is 17.0 Å². The van der Waals surface area contributed by atoms with Gasteiger partial charge in [0.15, 0.2) is 5.76 Å². The van der Waals surface area contributed by atoms with Crippen molar-refractivity contribution in [2.75, 3.05) is 18.0 Å². The smallest absolute Gasteiger partial charge is 0.294 e. The van der Waals surface area contributed by atoms with E-state index < -0.39 is 0 Å². The molecule has 2 aromatic carbocycles. The van der Waals surface area contributed by atoms with Crippen molar-refractivity contribution in [3.05, 3.63) is 89.3 Å². The molecule has 0 spiro atoms. The van der Waals surface area contributed by atoms with Crippen molar-refractivity contribution in [1.29, 1.82) is 0 Å². The summed E-state index contributed by atoms with van der Waals surface area (Å²) in [4.78, 5) is 17.4. The minimum atomic E-state index is -0.0765. The summed E-state index contributed by atoms with van der Waals surface area (Å²) < 4.78 is 5.39. The molecule has 2 heterocycles. The highest BCUT2D eigenvalue weighted by molar-refractivity contribution is 6.30. The summed E-state index contributed by atoms with van der Waals surface area (Å²) in [5.41, 5.74) is 2.18. The third-order valence-corrected chi connectivity index (χ3v) is 5.48. The van der Waals surface area contributed by atoms with Crippen LogP contribution in [0.4, 0.5) is 5.69 Å². The first-order chi connectivity index (χ1) is 13.7. The second-order valence-electron chi connectivity index (χ2n) is 7.12. The number of benzene rings is 2. The zero-order chi connectivity index (χ0) is 19.3. The van der Waals surface area contributed by atoms with E-state index in [1.807, 2.05) is 47.4 Å². The molecule has 1 aliphatic heterocycles. The third-order valence-electron chi connectivity index (χ3n) is 5.23. The highest BCUT2D eigenvalue weighted by Gasteiger charge is 2.30. The Balaban J connectivity index is 1.46. The van der Waals surface area contributed by atoms with Gasteiger partial charge < -0.3 is 9.32 Å². The monoisotopic (exact) mass is 394 g/mol. The van der Waals surface area contributed by atoms with Crippen LogP contribution in [0.5, 0.6) is 0 Å². The Morgan fingerprint density at radius 1 is 1.00 bits per heavy atom. The van der Waals surface area contributed by atoms with E-state index in [-0.39, 0.29) is 11.9 Å². The van der Waals surface area contributed by atoms with Crippen molar-refractivity contribution in [3.63, 3.8) is 0 Å². The molecule has 0 N–H and O–H groups in total. The van der Waals surface area contributed by atoms with E-state index in [1.165, 1.54) is 5.56 Å². The molecule has 1 fully saturated rings. The molecule has 28 heavy (non-hydrogen) atoms. The fraction of sp³-hybridized carbons (Fsp3) is 0.261. The summed E-state index contributed by atoms with van der Waals surface area (Å²) in [5, 5.41) is 0.761. The molecule has 1 saturated heterocycles. The normalized spacial score (nSPS) is 15.5. The van der Waals surface area contributed by atoms with E-state index in [0.717, 1.165) is 43.2 Å². The van der Waals surface area contributed by atoms with Crippen LogP contribution in [0.2, 0.25) is 5.02 Å². The number of nitrogens with zero attached hydrogens (tertiary/aromatic N) is 2. The third kappa shape index (κ3) is 4.29. The zero-order valence-electron chi connectivity index (χ0n) is 15.6. The number of amides is 1. The lowest BCUT2D eigenvalue weighted by Gasteiger charge is -2.38. The molecule has 0 atom stereocenters. The van der Waals surface area contributed by atoms with Gasteiger partial charge in [-0.3, -0.25) is 9.69 Å². The number of furan rings is 1. The maximum absolute atomic E-state index is 13.1. The maximum Gasteiger partial charge on any atom is 0.294 e. The number of likely N-dealkylation sites (tertiary alicyclic amines) is 1. The Hall–Kier alpha value is -2.56. The second-order valence-corrected chi connectivity index (χ2v) is 7.56. The van der Waals surface area contributed by atoms with E-state index >= 15 is 0 Å². The highest BCUT2D eigenvalue weighted by atomic mass is 35.5. The standard InChI is InChI=1S/C23H23ClN2O2/c24-19-10-8-18(9-11-19)17-25-14-12-21(13-15-25)26(20-5-2-1-3-6-20)23(27)22-7-4-16-28-22/h1-11,16,21H,12-15,17H2. The molecule has 0 radical (unpaired) electrons. The Morgan fingerprint density at radius 2 is 1.71 bits per heavy atom. The minimum absolute atomic E-state index is 0.0765. The van der Waals surface area contributed by atoms with Crippen LogP contribution in [0.25, 0.3) is 0 Å². The van der Waals surface area contributed by atoms with Crippen molar-refractivity contribution in [2.24, 2.45) is 0 Å². The summed E-state index contributed by atoms with van der Waals surface area (Å²) in [6, 6.07) is 21.5. The molecule has 0 aliphatic carbocycles. The van der Waals surface area contributed by atoms with Gasteiger partial charge in [-0.1, -0.05) is 41.9 Å². The first-order valence-corrected chi connectivity index (χ1v) is 9.97. The van der Waals surface area contributed by atoms with E-state index in [4.69, 9.17) is 16.0 Å². The van der Waals surface area contributed by atoms with Gasteiger partial charge in [0, 0.05) is 36.4 Å². The molecule has 1 amide bonds. The predicted molar refractivity (Wildman–Crippen MR) is 112 cm³/mol. The number of carbonyl (C=O) groups excluding carboxylic acids is 1. The number of carbonyl (C=O) groups is 1. The van der Waals surface area contributed by atoms with Crippen molar-refractivity contribution >= 4 is 23.2 Å². The fourth-order valence-electron chi connectivity index (χ4n) is 3.79. The Bertz CT molecular complexity index is 886. The summed E-state index contributed by atoms with van der Waals surface area (Å²) in [6.45, 7) is 2.80. The quantitative estimate of drug-likeness (QED) is 0.593. The van der Waals surface area contributed by atoms with E-state index in [1.54, 1.807) is 18.4 Å². The van der Waals surface area contributed by atoms with Gasteiger partial charge in [0.05, 0.1) is 6.26 Å². The molecule has 5 heteroatoms. The SMILES string of the molecule is O=C(c1ccco1)N(c1ccccc1)C1CCN(Cc2ccc(Cl)cc2)CC1. The first-order valence-electron chi connectivity index (χ1n) is 9.59. The summed E-state index contributed by atoms with van der Waals surface area (Å²) >= 11 is 5.98. The molecule has 1 aliphatic rings. The van der Waals surface area contributed by atoms with Crippen molar-refractivity contribution < 1.29 is 9.21 Å². The van der Waals surface area contributed by atoms with Crippen molar-refractivity contribution in [1.82, 2.24) is 4.90 Å². The average molecular weight is 395 g/mol. The number of halogens is 1. The number of hydrogen-bond donors (Lipinski definition) is 0. The van der Waals surface area contributed by atoms with Crippen LogP contribution in [-0.4, -0.2) is 29.9 Å². The Labute approximate surface area is 170 Å². The van der Waals surface area contributed by atoms with Crippen molar-refractivity contribution in [3.8, 4) is 0 Å². The molecule has 0 bridgehead atoms. The average Bonchev–Trinajstić information content (AvgIpc) is 3.27. The first kappa shape index (κ1) is 18.8. The highest BCUT2D eigenvalue weighted by Crippen LogP contribution is 2.26. The zero-order valence-corrected chi connectivity index (χ0v) is 16.4. The topological polar surface area (TPSA) is 36.7 Å². The lowest BCUT2D eigenvalue weighted by molar-refractivity contribution is 0.0932. The van der Waals surface area contributed by atoms with E-state index in [0.29, 0.717) is 5.76 Å². The van der Waals surface area contributed by atoms with E-state index in [9.17, 15) is 4.79 Å². The van der Waals surface area contributed by atoms with Gasteiger partial charge in [0.25, 0.3) is 5.91 Å². The van der Waals surface area contributed by atoms with Gasteiger partial charge in [-0.15, -0.1) is 0 Å². The fourth-order valence-corrected chi connectivity index (χ4v) is 3.91. The molecule has 4 rings (SSSR count). The molecule has 0 saturated carbocycles. The van der Waals surface area contributed by atoms with Gasteiger partial charge in [-0.05, 0) is 54.8 Å². The number of anilines is 1. The van der Waals surface area contributed by atoms with Crippen LogP contribution in [0.15, 0.2) is 77.4 Å². The predicted octanol–water partition coefficient (Wildman–Crippen LogP) is 5.24. The largest absolute Gasteiger partial charge is 0.459 e. The molecular formula is C23H23ClN2O2. The maximum atomic E-state index is 13.1. The van der Waals surface area contributed by atoms with Crippen LogP contribution < -0.4 is 4.90 Å². The lowest BCUT2D eigenvalue weighted by Crippen LogP contribution is -2.47. The molecule has 0 unspecified atom stereocenters. The second kappa shape index (κ2) is 8.63. The molecule has 3 aromatic rings. The van der Waals surface area contributed by atoms with Crippen LogP contribution >= 0.6 is 11.6 Å². The van der Waals surface area contributed by atoms with Crippen LogP contribution in [0.1, 0.15) is 29.0 Å². The van der Waals surface area contributed by atoms with Gasteiger partial charge in [-0.2, -0.15) is 0 Å². The van der Waals surface area contributed by atoms with Gasteiger partial charge in [-0.25, -0.2) is 0 Å². The van der Waals surface area contributed by atoms with Gasteiger partial charge in [0.1, 0.15) is 0 Å². The lowest BCUT2D eigenvalue weighted by atomic mass is 10.0. The Morgan fingerprint density at radius 3 is 2.36 bits per heavy atom. The van der Waals surface area contributed by atoms with Crippen molar-refractivity contribution in [2.45, 2.75) is 25.4 Å². The van der Waals surface area contributed by atoms with Gasteiger partial charge >= 0.3 is 0 Å². The molecular weight excluding hydrogens is 372 g/mol. The van der Waals surface area contributed by atoms with Crippen LogP contribution in [-0.2, 0) is 6.54 Å². The summed E-state index contributed by atoms with van der Waals surface area (Å²) in [5.74, 6) is 0.305. The Kier molecular flexibility index (Phi) is 5.79.